The lowest BCUT2D eigenvalue weighted by atomic mass is 10.1. The molecule has 1 rings (SSSR count). The lowest BCUT2D eigenvalue weighted by Gasteiger charge is -2.17. The van der Waals surface area contributed by atoms with Crippen LogP contribution in [0.25, 0.3) is 0 Å². The van der Waals surface area contributed by atoms with Crippen LogP contribution in [0.2, 0.25) is 0 Å². The van der Waals surface area contributed by atoms with Crippen LogP contribution in [0, 0.1) is 5.41 Å². The molecule has 0 aromatic rings. The first-order valence-corrected chi connectivity index (χ1v) is 5.20. The van der Waals surface area contributed by atoms with Gasteiger partial charge in [-0.1, -0.05) is 0 Å². The number of hydrogen-bond donors (Lipinski definition) is 0. The van der Waals surface area contributed by atoms with Crippen LogP contribution >= 0.6 is 0 Å². The first-order valence-electron chi connectivity index (χ1n) is 4.39. The predicted molar refractivity (Wildman–Crippen MR) is 38.5 cm³/mol. The van der Waals surface area contributed by atoms with Gasteiger partial charge in [-0.05, 0) is 12.8 Å². The van der Waals surface area contributed by atoms with Crippen molar-refractivity contribution in [3.05, 3.63) is 0 Å². The van der Waals surface area contributed by atoms with Crippen molar-refractivity contribution >= 4 is 10.1 Å². The molecule has 0 heterocycles. The van der Waals surface area contributed by atoms with Crippen molar-refractivity contribution in [3.8, 4) is 0 Å². The lowest BCUT2D eigenvalue weighted by Crippen LogP contribution is -2.30. The molecule has 0 radical (unpaired) electrons. The Balaban J connectivity index is 2.97. The van der Waals surface area contributed by atoms with Gasteiger partial charge in [0.25, 0.3) is 10.1 Å². The summed E-state index contributed by atoms with van der Waals surface area (Å²) >= 11 is 0. The highest BCUT2D eigenvalue weighted by molar-refractivity contribution is 7.85. The van der Waals surface area contributed by atoms with Crippen LogP contribution in [-0.2, 0) is 14.3 Å². The Morgan fingerprint density at radius 1 is 1.54 bits per heavy atom. The average Bonchev–Trinajstić information content (AvgIpc) is 2.53. The molecule has 0 atom stereocenters. The molecular formula is C6H9F3O3S. The topological polar surface area (TPSA) is 43.4 Å². The fraction of sp³-hybridized carbons (Fsp3) is 1.00. The maximum Gasteiger partial charge on any atom is 0.396 e. The molecule has 1 fully saturated rings. The zero-order valence-corrected chi connectivity index (χ0v) is 7.50. The molecule has 0 bridgehead atoms. The summed E-state index contributed by atoms with van der Waals surface area (Å²) in [4.78, 5) is 0. The third-order valence-electron chi connectivity index (χ3n) is 1.68. The minimum atomic E-state index is -4.80. The van der Waals surface area contributed by atoms with Crippen LogP contribution in [-0.4, -0.2) is 27.4 Å². The largest absolute Gasteiger partial charge is 0.396 e. The maximum absolute atomic E-state index is 12.5. The van der Waals surface area contributed by atoms with Gasteiger partial charge >= 0.3 is 6.18 Å². The normalized spacial score (nSPS) is 24.9. The van der Waals surface area contributed by atoms with E-state index in [2.05, 4.69) is 4.18 Å². The van der Waals surface area contributed by atoms with Gasteiger partial charge in [0, 0.05) is 0 Å². The molecule has 13 heavy (non-hydrogen) atoms. The van der Waals surface area contributed by atoms with Crippen LogP contribution in [0.1, 0.15) is 15.6 Å². The Labute approximate surface area is 76.8 Å². The summed E-state index contributed by atoms with van der Waals surface area (Å²) in [7, 11) is -4.26. The van der Waals surface area contributed by atoms with Crippen molar-refractivity contribution in [1.29, 1.82) is 0 Å². The summed E-state index contributed by atoms with van der Waals surface area (Å²) in [6.45, 7) is -3.24. The molecule has 0 saturated heterocycles. The molecule has 7 heteroatoms. The van der Waals surface area contributed by atoms with Crippen molar-refractivity contribution in [2.45, 2.75) is 19.0 Å². The second-order valence-corrected chi connectivity index (χ2v) is 4.54. The Morgan fingerprint density at radius 2 is 2.00 bits per heavy atom. The van der Waals surface area contributed by atoms with Crippen LogP contribution in [0.5, 0.6) is 0 Å². The van der Waals surface area contributed by atoms with Crippen molar-refractivity contribution in [2.24, 2.45) is 5.41 Å². The molecule has 0 amide bonds. The minimum absolute atomic E-state index is 0.459. The van der Waals surface area contributed by atoms with Crippen molar-refractivity contribution in [3.63, 3.8) is 0 Å². The molecular weight excluding hydrogens is 209 g/mol. The first-order chi connectivity index (χ1) is 6.41. The van der Waals surface area contributed by atoms with Gasteiger partial charge in [-0.2, -0.15) is 21.6 Å². The molecule has 0 spiro atoms. The summed E-state index contributed by atoms with van der Waals surface area (Å²) in [6, 6.07) is 0. The van der Waals surface area contributed by atoms with Crippen molar-refractivity contribution < 1.29 is 28.5 Å². The molecule has 0 N–H and O–H groups in total. The average molecular weight is 220 g/mol. The molecule has 78 valence electrons. The maximum atomic E-state index is 12.5. The molecule has 1 aliphatic carbocycles. The van der Waals surface area contributed by atoms with Gasteiger partial charge in [0.1, 0.15) is 0 Å². The summed E-state index contributed by atoms with van der Waals surface area (Å²) in [5, 5.41) is 0. The predicted octanol–water partition coefficient (Wildman–Crippen LogP) is 1.31. The van der Waals surface area contributed by atoms with Crippen LogP contribution in [0.4, 0.5) is 13.2 Å². The van der Waals surface area contributed by atoms with Crippen LogP contribution in [0.15, 0.2) is 0 Å². The summed E-state index contributed by atoms with van der Waals surface area (Å²) < 4.78 is 76.6. The van der Waals surface area contributed by atoms with E-state index in [9.17, 15) is 21.6 Å². The fourth-order valence-electron chi connectivity index (χ4n) is 0.724. The molecule has 0 aliphatic heterocycles. The number of rotatable bonds is 3. The highest BCUT2D eigenvalue weighted by Crippen LogP contribution is 2.57. The van der Waals surface area contributed by atoms with E-state index in [-0.39, 0.29) is 0 Å². The number of alkyl halides is 3. The Kier molecular flexibility index (Phi) is 1.76. The third kappa shape index (κ3) is 2.57. The molecule has 1 saturated carbocycles. The molecule has 0 aromatic heterocycles. The highest BCUT2D eigenvalue weighted by Gasteiger charge is 2.63. The third-order valence-corrected chi connectivity index (χ3v) is 2.07. The summed E-state index contributed by atoms with van der Waals surface area (Å²) in [5.74, 6) is 0. The van der Waals surface area contributed by atoms with Gasteiger partial charge in [-0.3, -0.25) is 4.18 Å². The summed E-state index contributed by atoms with van der Waals surface area (Å²) in [5.41, 5.74) is -2.68. The van der Waals surface area contributed by atoms with Gasteiger partial charge in [0.15, 0.2) is 0 Å². The molecule has 0 unspecified atom stereocenters. The van der Waals surface area contributed by atoms with E-state index in [1.165, 1.54) is 0 Å². The molecule has 1 aliphatic rings. The quantitative estimate of drug-likeness (QED) is 0.673. The van der Waals surface area contributed by atoms with Gasteiger partial charge in [-0.25, -0.2) is 0 Å². The van der Waals surface area contributed by atoms with Crippen molar-refractivity contribution in [1.82, 2.24) is 0 Å². The standard InChI is InChI=1S/C6H9F3O3S/c1-13(10,11)12-4-5(2-3-5)6(7,8)9/h2-4H2,1H3/i4D2. The second kappa shape index (κ2) is 2.84. The van der Waals surface area contributed by atoms with Crippen molar-refractivity contribution in [2.75, 3.05) is 12.8 Å². The van der Waals surface area contributed by atoms with E-state index < -0.39 is 41.1 Å². The summed E-state index contributed by atoms with van der Waals surface area (Å²) in [6.07, 6.45) is -5.21. The van der Waals surface area contributed by atoms with Gasteiger partial charge in [0.05, 0.1) is 21.0 Å². The highest BCUT2D eigenvalue weighted by atomic mass is 32.2. The molecule has 3 nitrogen and oxygen atoms in total. The molecule has 0 aromatic carbocycles. The fourth-order valence-corrected chi connectivity index (χ4v) is 1.03. The van der Waals surface area contributed by atoms with E-state index in [0.29, 0.717) is 6.26 Å². The smallest absolute Gasteiger partial charge is 0.269 e. The van der Waals surface area contributed by atoms with E-state index in [0.717, 1.165) is 0 Å². The van der Waals surface area contributed by atoms with Gasteiger partial charge in [0.2, 0.25) is 0 Å². The van der Waals surface area contributed by atoms with Gasteiger partial charge < -0.3 is 0 Å². The minimum Gasteiger partial charge on any atom is -0.269 e. The monoisotopic (exact) mass is 220 g/mol. The SMILES string of the molecule is [2H]C([2H])(OS(C)(=O)=O)C1(C(F)(F)F)CC1. The zero-order valence-electron chi connectivity index (χ0n) is 8.68. The first kappa shape index (κ1) is 8.05. The second-order valence-electron chi connectivity index (χ2n) is 2.97. The van der Waals surface area contributed by atoms with Gasteiger partial charge in [-0.15, -0.1) is 0 Å². The Bertz CT molecular complexity index is 358. The Morgan fingerprint density at radius 3 is 2.23 bits per heavy atom. The lowest BCUT2D eigenvalue weighted by molar-refractivity contribution is -0.194. The number of hydrogen-bond acceptors (Lipinski definition) is 3. The zero-order chi connectivity index (χ0) is 12.1. The van der Waals surface area contributed by atoms with E-state index in [1.807, 2.05) is 0 Å². The van der Waals surface area contributed by atoms with Crippen LogP contribution in [0.3, 0.4) is 0 Å². The van der Waals surface area contributed by atoms with Crippen LogP contribution < -0.4 is 0 Å². The van der Waals surface area contributed by atoms with E-state index in [4.69, 9.17) is 2.74 Å². The Hall–Kier alpha value is -0.300. The van der Waals surface area contributed by atoms with E-state index >= 15 is 0 Å². The van der Waals surface area contributed by atoms with E-state index in [1.54, 1.807) is 0 Å². The number of halogens is 3.